The summed E-state index contributed by atoms with van der Waals surface area (Å²) in [6.07, 6.45) is 1.99. The molecule has 2 rings (SSSR count). The lowest BCUT2D eigenvalue weighted by Gasteiger charge is -2.21. The van der Waals surface area contributed by atoms with Gasteiger partial charge >= 0.3 is 0 Å². The molecule has 0 saturated carbocycles. The summed E-state index contributed by atoms with van der Waals surface area (Å²) in [4.78, 5) is 8.43. The average Bonchev–Trinajstić information content (AvgIpc) is 2.85. The van der Waals surface area contributed by atoms with Gasteiger partial charge in [-0.25, -0.2) is 9.98 Å². The van der Waals surface area contributed by atoms with Gasteiger partial charge in [0.05, 0.1) is 6.33 Å². The predicted molar refractivity (Wildman–Crippen MR) is 74.3 cm³/mol. The number of rotatable bonds is 7. The van der Waals surface area contributed by atoms with Crippen molar-refractivity contribution in [1.82, 2.24) is 9.55 Å². The lowest BCUT2D eigenvalue weighted by atomic mass is 10.1. The highest BCUT2D eigenvalue weighted by Crippen LogP contribution is 2.29. The third-order valence-corrected chi connectivity index (χ3v) is 3.27. The Kier molecular flexibility index (Phi) is 4.94. The highest BCUT2D eigenvalue weighted by Gasteiger charge is 2.25. The van der Waals surface area contributed by atoms with Crippen molar-refractivity contribution in [2.24, 2.45) is 16.6 Å². The molecule has 8 nitrogen and oxygen atoms in total. The van der Waals surface area contributed by atoms with Crippen molar-refractivity contribution in [3.05, 3.63) is 12.0 Å². The van der Waals surface area contributed by atoms with Gasteiger partial charge in [0.2, 0.25) is 0 Å². The molecule has 0 fully saturated rings. The molecular weight excluding hydrogens is 262 g/mol. The van der Waals surface area contributed by atoms with Gasteiger partial charge in [0.15, 0.2) is 12.2 Å². The molecule has 1 aromatic heterocycles. The molecule has 0 bridgehead atoms. The van der Waals surface area contributed by atoms with Gasteiger partial charge in [-0.05, 0) is 6.42 Å². The van der Waals surface area contributed by atoms with Crippen LogP contribution < -0.4 is 11.1 Å². The predicted octanol–water partition coefficient (Wildman–Crippen LogP) is -0.0867. The van der Waals surface area contributed by atoms with Crippen LogP contribution in [-0.4, -0.2) is 48.1 Å². The van der Waals surface area contributed by atoms with E-state index in [1.165, 1.54) is 0 Å². The maximum atomic E-state index is 9.42. The fourth-order valence-electron chi connectivity index (χ4n) is 2.16. The fourth-order valence-corrected chi connectivity index (χ4v) is 2.16. The van der Waals surface area contributed by atoms with Crippen molar-refractivity contribution < 1.29 is 14.6 Å². The number of aromatic nitrogens is 2. The number of aliphatic hydroxyl groups excluding tert-OH is 1. The van der Waals surface area contributed by atoms with E-state index in [9.17, 15) is 5.11 Å². The third kappa shape index (κ3) is 3.09. The van der Waals surface area contributed by atoms with Gasteiger partial charge in [0.1, 0.15) is 11.5 Å². The molecule has 0 amide bonds. The summed E-state index contributed by atoms with van der Waals surface area (Å²) in [7, 11) is 3.21. The Morgan fingerprint density at radius 1 is 1.55 bits per heavy atom. The highest BCUT2D eigenvalue weighted by molar-refractivity contribution is 5.93. The number of methoxy groups -OCH3 is 2. The molecule has 1 aromatic rings. The van der Waals surface area contributed by atoms with Crippen molar-refractivity contribution in [2.45, 2.75) is 19.2 Å². The molecule has 0 aliphatic carbocycles. The lowest BCUT2D eigenvalue weighted by molar-refractivity contribution is 0.107. The van der Waals surface area contributed by atoms with E-state index in [1.54, 1.807) is 20.5 Å². The van der Waals surface area contributed by atoms with Crippen LogP contribution in [0.3, 0.4) is 0 Å². The van der Waals surface area contributed by atoms with Crippen LogP contribution in [0.15, 0.2) is 11.3 Å². The van der Waals surface area contributed by atoms with Crippen LogP contribution in [-0.2, 0) is 16.0 Å². The van der Waals surface area contributed by atoms with E-state index in [0.717, 1.165) is 12.2 Å². The smallest absolute Gasteiger partial charge is 0.198 e. The second kappa shape index (κ2) is 6.69. The lowest BCUT2D eigenvalue weighted by Crippen LogP contribution is -2.30. The monoisotopic (exact) mass is 283 g/mol. The first kappa shape index (κ1) is 14.8. The molecule has 2 unspecified atom stereocenters. The van der Waals surface area contributed by atoms with Gasteiger partial charge in [-0.3, -0.25) is 0 Å². The van der Waals surface area contributed by atoms with Crippen molar-refractivity contribution in [1.29, 1.82) is 0 Å². The maximum absolute atomic E-state index is 9.42. The number of imidazole rings is 1. The number of hydrogen-bond donors (Lipinski definition) is 3. The highest BCUT2D eigenvalue weighted by atomic mass is 16.5. The van der Waals surface area contributed by atoms with E-state index >= 15 is 0 Å². The Balaban J connectivity index is 2.13. The van der Waals surface area contributed by atoms with Crippen molar-refractivity contribution >= 4 is 11.8 Å². The molecule has 2 atom stereocenters. The van der Waals surface area contributed by atoms with Gasteiger partial charge in [0, 0.05) is 39.9 Å². The summed E-state index contributed by atoms with van der Waals surface area (Å²) in [6.45, 7) is 1.33. The normalized spacial score (nSPS) is 19.1. The van der Waals surface area contributed by atoms with Crippen LogP contribution in [0.2, 0.25) is 0 Å². The number of anilines is 1. The van der Waals surface area contributed by atoms with Gasteiger partial charge in [0.25, 0.3) is 0 Å². The quantitative estimate of drug-likeness (QED) is 0.646. The zero-order valence-electron chi connectivity index (χ0n) is 11.7. The van der Waals surface area contributed by atoms with Gasteiger partial charge < -0.3 is 30.2 Å². The van der Waals surface area contributed by atoms with Crippen LogP contribution in [0, 0.1) is 5.92 Å². The third-order valence-electron chi connectivity index (χ3n) is 3.27. The van der Waals surface area contributed by atoms with Gasteiger partial charge in [-0.2, -0.15) is 0 Å². The number of aliphatic hydroxyl groups is 1. The minimum atomic E-state index is -0.487. The van der Waals surface area contributed by atoms with E-state index in [4.69, 9.17) is 15.2 Å². The van der Waals surface area contributed by atoms with Gasteiger partial charge in [-0.1, -0.05) is 0 Å². The summed E-state index contributed by atoms with van der Waals surface area (Å²) in [6, 6.07) is 0. The second-order valence-corrected chi connectivity index (χ2v) is 4.69. The van der Waals surface area contributed by atoms with Crippen LogP contribution in [0.5, 0.6) is 0 Å². The number of nitrogens with one attached hydrogen (secondary N) is 1. The number of nitrogens with zero attached hydrogens (tertiary/aromatic N) is 3. The summed E-state index contributed by atoms with van der Waals surface area (Å²) in [5.74, 6) is 1.15. The number of ether oxygens (including phenoxy) is 2. The van der Waals surface area contributed by atoms with Crippen molar-refractivity contribution in [3.8, 4) is 0 Å². The molecule has 0 spiro atoms. The fraction of sp³-hybridized carbons (Fsp3) is 0.667. The number of aliphatic imine (C=N–C) groups is 1. The zero-order valence-corrected chi connectivity index (χ0v) is 11.7. The molecule has 8 heteroatoms. The molecule has 4 N–H and O–H groups in total. The Morgan fingerprint density at radius 3 is 3.00 bits per heavy atom. The van der Waals surface area contributed by atoms with Crippen LogP contribution in [0.25, 0.3) is 0 Å². The van der Waals surface area contributed by atoms with Crippen molar-refractivity contribution in [3.63, 3.8) is 0 Å². The van der Waals surface area contributed by atoms with Crippen LogP contribution in [0.4, 0.5) is 5.82 Å². The Bertz CT molecular complexity index is 474. The first-order chi connectivity index (χ1) is 9.69. The van der Waals surface area contributed by atoms with E-state index in [0.29, 0.717) is 24.8 Å². The molecule has 0 radical (unpaired) electrons. The van der Waals surface area contributed by atoms with Crippen LogP contribution >= 0.6 is 0 Å². The topological polar surface area (TPSA) is 107 Å². The molecule has 0 aromatic carbocycles. The van der Waals surface area contributed by atoms with Crippen LogP contribution in [0.1, 0.15) is 18.3 Å². The average molecular weight is 283 g/mol. The van der Waals surface area contributed by atoms with E-state index in [-0.39, 0.29) is 12.5 Å². The maximum Gasteiger partial charge on any atom is 0.198 e. The summed E-state index contributed by atoms with van der Waals surface area (Å²) < 4.78 is 12.2. The number of hydrogen-bond acceptors (Lipinski definition) is 7. The Morgan fingerprint density at radius 2 is 2.35 bits per heavy atom. The zero-order chi connectivity index (χ0) is 14.5. The molecule has 1 aliphatic heterocycles. The molecule has 112 valence electrons. The first-order valence-corrected chi connectivity index (χ1v) is 6.47. The van der Waals surface area contributed by atoms with E-state index < -0.39 is 6.23 Å². The Labute approximate surface area is 117 Å². The Hall–Kier alpha value is -1.64. The van der Waals surface area contributed by atoms with E-state index in [1.807, 2.05) is 4.57 Å². The summed E-state index contributed by atoms with van der Waals surface area (Å²) in [5, 5.41) is 12.4. The number of guanidine groups is 1. The second-order valence-electron chi connectivity index (χ2n) is 4.69. The summed E-state index contributed by atoms with van der Waals surface area (Å²) >= 11 is 0. The minimum absolute atomic E-state index is 0.0909. The molecular formula is C12H21N5O3. The van der Waals surface area contributed by atoms with Crippen molar-refractivity contribution in [2.75, 3.05) is 32.8 Å². The molecule has 0 saturated heterocycles. The number of nitrogens with two attached hydrogens (primary N) is 1. The first-order valence-electron chi connectivity index (χ1n) is 6.47. The number of fused-ring (bicyclic) bond motifs is 1. The molecule has 20 heavy (non-hydrogen) atoms. The summed E-state index contributed by atoms with van der Waals surface area (Å²) in [5.41, 5.74) is 6.43. The SMILES string of the molecule is COCCC(CO)Cn1cnc2c1NC(N)=NC2OC. The largest absolute Gasteiger partial charge is 0.396 e. The molecule has 1 aliphatic rings. The van der Waals surface area contributed by atoms with Gasteiger partial charge in [-0.15, -0.1) is 0 Å². The minimum Gasteiger partial charge on any atom is -0.396 e. The van der Waals surface area contributed by atoms with E-state index in [2.05, 4.69) is 15.3 Å². The standard InChI is InChI=1S/C12H21N5O3/c1-19-4-3-8(6-18)5-17-7-14-9-10(17)15-12(13)16-11(9)20-2/h7-8,11,18H,3-6H2,1-2H3,(H3,13,15,16). The molecule has 2 heterocycles.